The van der Waals surface area contributed by atoms with Crippen LogP contribution in [0.4, 0.5) is 0 Å². The molecule has 15 heteroatoms. The molecule has 144 valence electrons. The van der Waals surface area contributed by atoms with E-state index in [0.717, 1.165) is 24.3 Å². The molecular weight excluding hydrogens is 472 g/mol. The quantitative estimate of drug-likeness (QED) is 0.237. The Morgan fingerprint density at radius 2 is 0.963 bits per heavy atom. The zero-order chi connectivity index (χ0) is 20.1. The molecular formula is C12H10CaO10S4. The number of rotatable bonds is 2. The molecule has 2 atom stereocenters. The fourth-order valence-electron chi connectivity index (χ4n) is 1.79. The molecule has 2 aliphatic rings. The minimum absolute atomic E-state index is 0. The Kier molecular flexibility index (Phi) is 10.6. The molecule has 0 aromatic carbocycles. The van der Waals surface area contributed by atoms with Crippen LogP contribution in [0, 0.1) is 0 Å². The van der Waals surface area contributed by atoms with Gasteiger partial charge in [0.05, 0.1) is 9.73 Å². The Balaban J connectivity index is 0.000000483. The summed E-state index contributed by atoms with van der Waals surface area (Å²) < 4.78 is 105. The van der Waals surface area contributed by atoms with E-state index in [9.17, 15) is 42.8 Å². The van der Waals surface area contributed by atoms with Gasteiger partial charge in [-0.15, -0.1) is 0 Å². The SMILES string of the molecule is O=S(=O)=C1C=CC=CC1S(=O)(=O)[O-].O=S(=O)=C1C=CC=CC1S(=O)(=O)[O-].[Ca+2]. The summed E-state index contributed by atoms with van der Waals surface area (Å²) in [7, 11) is -14.6. The molecule has 0 bridgehead atoms. The minimum Gasteiger partial charge on any atom is -0.747 e. The first kappa shape index (κ1) is 26.4. The van der Waals surface area contributed by atoms with Crippen LogP contribution in [0.2, 0.25) is 0 Å². The maximum atomic E-state index is 10.6. The Morgan fingerprint density at radius 3 is 1.15 bits per heavy atom. The number of hydrogen-bond donors (Lipinski definition) is 0. The molecule has 2 rings (SSSR count). The van der Waals surface area contributed by atoms with Crippen molar-refractivity contribution in [2.75, 3.05) is 0 Å². The normalized spacial score (nSPS) is 21.1. The van der Waals surface area contributed by atoms with Gasteiger partial charge in [0.15, 0.2) is 0 Å². The van der Waals surface area contributed by atoms with Crippen molar-refractivity contribution in [3.05, 3.63) is 48.6 Å². The van der Waals surface area contributed by atoms with Gasteiger partial charge >= 0.3 is 37.7 Å². The average molecular weight is 483 g/mol. The van der Waals surface area contributed by atoms with Gasteiger partial charge in [0.25, 0.3) is 0 Å². The molecule has 2 aliphatic carbocycles. The van der Waals surface area contributed by atoms with E-state index in [1.807, 2.05) is 0 Å². The van der Waals surface area contributed by atoms with E-state index in [0.29, 0.717) is 0 Å². The van der Waals surface area contributed by atoms with Crippen LogP contribution < -0.4 is 0 Å². The van der Waals surface area contributed by atoms with Gasteiger partial charge in [-0.1, -0.05) is 36.5 Å². The van der Waals surface area contributed by atoms with Gasteiger partial charge in [-0.3, -0.25) is 0 Å². The van der Waals surface area contributed by atoms with Gasteiger partial charge in [0.1, 0.15) is 30.7 Å². The maximum absolute atomic E-state index is 10.6. The Morgan fingerprint density at radius 1 is 0.667 bits per heavy atom. The molecule has 0 saturated heterocycles. The third-order valence-corrected chi connectivity index (χ3v) is 6.80. The minimum atomic E-state index is -4.64. The third-order valence-electron chi connectivity index (χ3n) is 2.88. The van der Waals surface area contributed by atoms with E-state index in [-0.39, 0.29) is 37.7 Å². The molecule has 0 amide bonds. The van der Waals surface area contributed by atoms with Crippen LogP contribution in [-0.2, 0) is 40.8 Å². The van der Waals surface area contributed by atoms with Gasteiger partial charge < -0.3 is 9.11 Å². The average Bonchev–Trinajstić information content (AvgIpc) is 2.54. The van der Waals surface area contributed by atoms with E-state index in [4.69, 9.17) is 0 Å². The number of allylic oxidation sites excluding steroid dienone is 6. The molecule has 0 aromatic rings. The first-order chi connectivity index (χ1) is 11.9. The summed E-state index contributed by atoms with van der Waals surface area (Å²) in [5.74, 6) is 0. The fraction of sp³-hybridized carbons (Fsp3) is 0.167. The summed E-state index contributed by atoms with van der Waals surface area (Å²) in [6, 6.07) is 0. The molecule has 0 aliphatic heterocycles. The first-order valence-electron chi connectivity index (χ1n) is 6.37. The zero-order valence-electron chi connectivity index (χ0n) is 13.2. The molecule has 0 aromatic heterocycles. The molecule has 0 spiro atoms. The Labute approximate surface area is 188 Å². The van der Waals surface area contributed by atoms with Crippen LogP contribution >= 0.6 is 0 Å². The largest absolute Gasteiger partial charge is 2.00 e. The van der Waals surface area contributed by atoms with Gasteiger partial charge in [-0.05, 0) is 12.2 Å². The monoisotopic (exact) mass is 482 g/mol. The van der Waals surface area contributed by atoms with Crippen molar-refractivity contribution in [1.29, 1.82) is 0 Å². The third kappa shape index (κ3) is 8.13. The van der Waals surface area contributed by atoms with Crippen LogP contribution in [0.1, 0.15) is 0 Å². The van der Waals surface area contributed by atoms with Crippen molar-refractivity contribution in [3.8, 4) is 0 Å². The van der Waals surface area contributed by atoms with Crippen molar-refractivity contribution in [2.45, 2.75) is 10.5 Å². The number of hydrogen-bond acceptors (Lipinski definition) is 10. The van der Waals surface area contributed by atoms with Gasteiger partial charge in [-0.25, -0.2) is 16.8 Å². The van der Waals surface area contributed by atoms with E-state index in [1.165, 1.54) is 24.3 Å². The van der Waals surface area contributed by atoms with Gasteiger partial charge in [-0.2, -0.15) is 16.8 Å². The van der Waals surface area contributed by atoms with Crippen LogP contribution in [0.3, 0.4) is 0 Å². The van der Waals surface area contributed by atoms with Gasteiger partial charge in [0, 0.05) is 0 Å². The van der Waals surface area contributed by atoms with E-state index in [2.05, 4.69) is 0 Å². The first-order valence-corrected chi connectivity index (χ1v) is 11.5. The van der Waals surface area contributed by atoms with Crippen LogP contribution in [0.25, 0.3) is 0 Å². The molecule has 0 heterocycles. The predicted molar refractivity (Wildman–Crippen MR) is 97.1 cm³/mol. The zero-order valence-corrected chi connectivity index (χ0v) is 18.7. The molecule has 0 N–H and O–H groups in total. The van der Waals surface area contributed by atoms with Crippen molar-refractivity contribution < 1.29 is 42.8 Å². The topological polar surface area (TPSA) is 183 Å². The van der Waals surface area contributed by atoms with E-state index >= 15 is 0 Å². The van der Waals surface area contributed by atoms with Crippen molar-refractivity contribution in [1.82, 2.24) is 0 Å². The van der Waals surface area contributed by atoms with Crippen LogP contribution in [-0.4, -0.2) is 101 Å². The van der Waals surface area contributed by atoms with Gasteiger partial charge in [0.2, 0.25) is 20.6 Å². The second-order valence-corrected chi connectivity index (χ2v) is 9.46. The summed E-state index contributed by atoms with van der Waals surface area (Å²) in [4.78, 5) is -0.838. The summed E-state index contributed by atoms with van der Waals surface area (Å²) in [6.07, 6.45) is 9.58. The van der Waals surface area contributed by atoms with Crippen LogP contribution in [0.15, 0.2) is 48.6 Å². The second kappa shape index (κ2) is 10.8. The molecule has 0 fully saturated rings. The molecule has 0 saturated carbocycles. The van der Waals surface area contributed by atoms with Crippen molar-refractivity contribution in [3.63, 3.8) is 0 Å². The van der Waals surface area contributed by atoms with Crippen molar-refractivity contribution >= 4 is 88.3 Å². The molecule has 27 heavy (non-hydrogen) atoms. The molecule has 2 unspecified atom stereocenters. The second-order valence-electron chi connectivity index (χ2n) is 4.59. The summed E-state index contributed by atoms with van der Waals surface area (Å²) in [6.45, 7) is 0. The molecule has 0 radical (unpaired) electrons. The predicted octanol–water partition coefficient (Wildman–Crippen LogP) is -2.23. The van der Waals surface area contributed by atoms with Crippen LogP contribution in [0.5, 0.6) is 0 Å². The maximum Gasteiger partial charge on any atom is 2.00 e. The Hall–Kier alpha value is -0.580. The van der Waals surface area contributed by atoms with E-state index < -0.39 is 61.1 Å². The Bertz CT molecular complexity index is 1070. The summed E-state index contributed by atoms with van der Waals surface area (Å²) >= 11 is 0. The van der Waals surface area contributed by atoms with Crippen molar-refractivity contribution in [2.24, 2.45) is 0 Å². The smallest absolute Gasteiger partial charge is 0.747 e. The van der Waals surface area contributed by atoms with E-state index in [1.54, 1.807) is 0 Å². The summed E-state index contributed by atoms with van der Waals surface area (Å²) in [5.41, 5.74) is 0. The molecule has 10 nitrogen and oxygen atoms in total. The standard InChI is InChI=1S/2C6H6O5S2.Ca/c2*7-12(8)5-3-1-2-4-6(5)13(9,10)11;/h2*1-4,6H,(H,9,10,11);/q;;+2/p-2. The fourth-order valence-corrected chi connectivity index (χ4v) is 5.17. The summed E-state index contributed by atoms with van der Waals surface area (Å²) in [5, 5.41) is -3.17.